The zero-order valence-electron chi connectivity index (χ0n) is 13.7. The van der Waals surface area contributed by atoms with Gasteiger partial charge in [0.15, 0.2) is 0 Å². The van der Waals surface area contributed by atoms with Crippen molar-refractivity contribution in [1.29, 1.82) is 0 Å². The van der Waals surface area contributed by atoms with Gasteiger partial charge in [0.1, 0.15) is 5.56 Å². The summed E-state index contributed by atoms with van der Waals surface area (Å²) in [5.74, 6) is -0.390. The highest BCUT2D eigenvalue weighted by atomic mass is 35.5. The molecular formula is C16H24ClN3O3. The van der Waals surface area contributed by atoms with Crippen molar-refractivity contribution < 1.29 is 9.72 Å². The van der Waals surface area contributed by atoms with Crippen molar-refractivity contribution in [2.75, 3.05) is 13.1 Å². The van der Waals surface area contributed by atoms with Crippen molar-refractivity contribution in [3.63, 3.8) is 0 Å². The van der Waals surface area contributed by atoms with Crippen LogP contribution in [0.15, 0.2) is 18.2 Å². The first-order chi connectivity index (χ1) is 10.3. The number of nitrogens with one attached hydrogen (secondary N) is 2. The Morgan fingerprint density at radius 2 is 2.17 bits per heavy atom. The van der Waals surface area contributed by atoms with E-state index in [9.17, 15) is 14.9 Å². The predicted molar refractivity (Wildman–Crippen MR) is 92.2 cm³/mol. The second-order valence-electron chi connectivity index (χ2n) is 6.59. The van der Waals surface area contributed by atoms with E-state index in [2.05, 4.69) is 24.5 Å². The van der Waals surface area contributed by atoms with Crippen molar-refractivity contribution >= 4 is 24.0 Å². The smallest absolute Gasteiger partial charge is 0.282 e. The highest BCUT2D eigenvalue weighted by molar-refractivity contribution is 5.98. The molecule has 0 saturated carbocycles. The number of piperidine rings is 1. The number of rotatable bonds is 4. The molecule has 1 saturated heterocycles. The first kappa shape index (κ1) is 19.4. The molecule has 1 atom stereocenters. The lowest BCUT2D eigenvalue weighted by molar-refractivity contribution is -0.385. The molecule has 23 heavy (non-hydrogen) atoms. The molecule has 1 aromatic rings. The van der Waals surface area contributed by atoms with Gasteiger partial charge in [0.2, 0.25) is 0 Å². The van der Waals surface area contributed by atoms with Crippen LogP contribution in [-0.4, -0.2) is 30.0 Å². The van der Waals surface area contributed by atoms with E-state index in [1.165, 1.54) is 6.07 Å². The second kappa shape index (κ2) is 7.75. The normalized spacial score (nSPS) is 19.5. The lowest BCUT2D eigenvalue weighted by atomic mass is 9.77. The lowest BCUT2D eigenvalue weighted by Gasteiger charge is -2.39. The van der Waals surface area contributed by atoms with Crippen LogP contribution in [0.1, 0.15) is 42.6 Å². The minimum Gasteiger partial charge on any atom is -0.350 e. The van der Waals surface area contributed by atoms with Crippen LogP contribution in [0.25, 0.3) is 0 Å². The maximum Gasteiger partial charge on any atom is 0.282 e. The fraction of sp³-hybridized carbons (Fsp3) is 0.562. The van der Waals surface area contributed by atoms with Crippen LogP contribution in [0, 0.1) is 22.5 Å². The van der Waals surface area contributed by atoms with Crippen LogP contribution in [-0.2, 0) is 0 Å². The van der Waals surface area contributed by atoms with Crippen LogP contribution in [0.4, 0.5) is 5.69 Å². The van der Waals surface area contributed by atoms with Gasteiger partial charge in [-0.3, -0.25) is 14.9 Å². The van der Waals surface area contributed by atoms with Crippen LogP contribution < -0.4 is 10.6 Å². The summed E-state index contributed by atoms with van der Waals surface area (Å²) in [6, 6.07) is 4.76. The molecule has 6 nitrogen and oxygen atoms in total. The standard InChI is InChI=1S/C16H23N3O3.ClH/c1-11-5-6-13(19(21)22)12(9-11)15(20)18-10-14-16(2,3)7-4-8-17-14;/h5-6,9,14,17H,4,7-8,10H2,1-3H3,(H,18,20);1H. The number of halogens is 1. The Balaban J connectivity index is 0.00000264. The van der Waals surface area contributed by atoms with E-state index in [0.717, 1.165) is 24.9 Å². The number of nitrogens with zero attached hydrogens (tertiary/aromatic N) is 1. The van der Waals surface area contributed by atoms with Gasteiger partial charge in [-0.1, -0.05) is 19.9 Å². The Bertz CT molecular complexity index is 590. The summed E-state index contributed by atoms with van der Waals surface area (Å²) in [4.78, 5) is 22.9. The van der Waals surface area contributed by atoms with Gasteiger partial charge in [-0.15, -0.1) is 12.4 Å². The van der Waals surface area contributed by atoms with Gasteiger partial charge >= 0.3 is 0 Å². The zero-order chi connectivity index (χ0) is 16.3. The molecule has 1 unspecified atom stereocenters. The summed E-state index contributed by atoms with van der Waals surface area (Å²) in [7, 11) is 0. The molecule has 1 fully saturated rings. The monoisotopic (exact) mass is 341 g/mol. The highest BCUT2D eigenvalue weighted by Gasteiger charge is 2.32. The summed E-state index contributed by atoms with van der Waals surface area (Å²) < 4.78 is 0. The molecule has 1 amide bonds. The molecule has 1 aromatic carbocycles. The molecule has 1 heterocycles. The number of aryl methyl sites for hydroxylation is 1. The first-order valence-electron chi connectivity index (χ1n) is 7.58. The average Bonchev–Trinajstić information content (AvgIpc) is 2.45. The quantitative estimate of drug-likeness (QED) is 0.651. The number of hydrogen-bond acceptors (Lipinski definition) is 4. The van der Waals surface area contributed by atoms with Crippen molar-refractivity contribution in [2.24, 2.45) is 5.41 Å². The number of hydrogen-bond donors (Lipinski definition) is 2. The van der Waals surface area contributed by atoms with Crippen molar-refractivity contribution in [3.8, 4) is 0 Å². The molecule has 1 aliphatic heterocycles. The number of nitro groups is 1. The third kappa shape index (κ3) is 4.65. The summed E-state index contributed by atoms with van der Waals surface area (Å²) in [5, 5.41) is 17.3. The van der Waals surface area contributed by atoms with E-state index in [1.807, 2.05) is 6.92 Å². The van der Waals surface area contributed by atoms with E-state index in [4.69, 9.17) is 0 Å². The Morgan fingerprint density at radius 3 is 2.78 bits per heavy atom. The molecule has 0 aromatic heterocycles. The maximum atomic E-state index is 12.3. The van der Waals surface area contributed by atoms with Gasteiger partial charge in [-0.2, -0.15) is 0 Å². The third-order valence-electron chi connectivity index (χ3n) is 4.39. The number of amides is 1. The second-order valence-corrected chi connectivity index (χ2v) is 6.59. The maximum absolute atomic E-state index is 12.3. The lowest BCUT2D eigenvalue weighted by Crippen LogP contribution is -2.52. The van der Waals surface area contributed by atoms with Gasteiger partial charge in [0.25, 0.3) is 11.6 Å². The number of carbonyl (C=O) groups excluding carboxylic acids is 1. The molecule has 0 spiro atoms. The summed E-state index contributed by atoms with van der Waals surface area (Å²) in [6.07, 6.45) is 2.23. The largest absolute Gasteiger partial charge is 0.350 e. The summed E-state index contributed by atoms with van der Waals surface area (Å²) >= 11 is 0. The van der Waals surface area contributed by atoms with E-state index < -0.39 is 10.8 Å². The minimum absolute atomic E-state index is 0. The Morgan fingerprint density at radius 1 is 1.48 bits per heavy atom. The van der Waals surface area contributed by atoms with Crippen molar-refractivity contribution in [1.82, 2.24) is 10.6 Å². The van der Waals surface area contributed by atoms with Gasteiger partial charge in [0.05, 0.1) is 4.92 Å². The third-order valence-corrected chi connectivity index (χ3v) is 4.39. The van der Waals surface area contributed by atoms with Crippen LogP contribution in [0.5, 0.6) is 0 Å². The van der Waals surface area contributed by atoms with Gasteiger partial charge in [-0.05, 0) is 43.4 Å². The molecule has 1 aliphatic rings. The van der Waals surface area contributed by atoms with Crippen molar-refractivity contribution in [3.05, 3.63) is 39.4 Å². The molecule has 0 aliphatic carbocycles. The summed E-state index contributed by atoms with van der Waals surface area (Å²) in [6.45, 7) is 7.56. The molecule has 128 valence electrons. The van der Waals surface area contributed by atoms with Crippen LogP contribution in [0.2, 0.25) is 0 Å². The number of nitro benzene ring substituents is 1. The Hall–Kier alpha value is -1.66. The fourth-order valence-electron chi connectivity index (χ4n) is 2.90. The fourth-order valence-corrected chi connectivity index (χ4v) is 2.90. The van der Waals surface area contributed by atoms with Crippen molar-refractivity contribution in [2.45, 2.75) is 39.7 Å². The molecule has 7 heteroatoms. The zero-order valence-corrected chi connectivity index (χ0v) is 14.5. The number of carbonyl (C=O) groups is 1. The Kier molecular flexibility index (Phi) is 6.53. The van der Waals surface area contributed by atoms with Gasteiger partial charge in [-0.25, -0.2) is 0 Å². The molecule has 2 N–H and O–H groups in total. The number of benzene rings is 1. The summed E-state index contributed by atoms with van der Waals surface area (Å²) in [5.41, 5.74) is 0.897. The van der Waals surface area contributed by atoms with Crippen LogP contribution >= 0.6 is 12.4 Å². The predicted octanol–water partition coefficient (Wildman–Crippen LogP) is 2.83. The first-order valence-corrected chi connectivity index (χ1v) is 7.58. The molecular weight excluding hydrogens is 318 g/mol. The molecule has 2 rings (SSSR count). The SMILES string of the molecule is Cc1ccc([N+](=O)[O-])c(C(=O)NCC2NCCCC2(C)C)c1.Cl. The van der Waals surface area contributed by atoms with E-state index in [-0.39, 0.29) is 35.1 Å². The Labute approximate surface area is 142 Å². The van der Waals surface area contributed by atoms with Crippen LogP contribution in [0.3, 0.4) is 0 Å². The van der Waals surface area contributed by atoms with Gasteiger partial charge in [0, 0.05) is 18.7 Å². The minimum atomic E-state index is -0.517. The molecule has 0 radical (unpaired) electrons. The highest BCUT2D eigenvalue weighted by Crippen LogP contribution is 2.29. The topological polar surface area (TPSA) is 84.3 Å². The van der Waals surface area contributed by atoms with E-state index >= 15 is 0 Å². The average molecular weight is 342 g/mol. The van der Waals surface area contributed by atoms with Gasteiger partial charge < -0.3 is 10.6 Å². The van der Waals surface area contributed by atoms with E-state index in [0.29, 0.717) is 6.54 Å². The van der Waals surface area contributed by atoms with E-state index in [1.54, 1.807) is 12.1 Å². The molecule has 0 bridgehead atoms.